The monoisotopic (exact) mass is 279 g/mol. The van der Waals surface area contributed by atoms with Gasteiger partial charge >= 0.3 is 0 Å². The summed E-state index contributed by atoms with van der Waals surface area (Å²) in [7, 11) is 0. The van der Waals surface area contributed by atoms with Gasteiger partial charge in [0.1, 0.15) is 5.41 Å². The van der Waals surface area contributed by atoms with Crippen LogP contribution in [-0.2, 0) is 14.4 Å². The van der Waals surface area contributed by atoms with Crippen molar-refractivity contribution in [2.45, 2.75) is 25.7 Å². The van der Waals surface area contributed by atoms with Gasteiger partial charge in [-0.1, -0.05) is 0 Å². The molecular weight excluding hydrogens is 258 g/mol. The first kappa shape index (κ1) is 13.4. The van der Waals surface area contributed by atoms with E-state index in [0.717, 1.165) is 32.3 Å². The molecular formula is C14H21N3O3. The van der Waals surface area contributed by atoms with Crippen molar-refractivity contribution in [2.24, 2.45) is 5.41 Å². The maximum absolute atomic E-state index is 12.6. The Morgan fingerprint density at radius 2 is 1.30 bits per heavy atom. The molecule has 1 aliphatic carbocycles. The lowest BCUT2D eigenvalue weighted by atomic mass is 10.0. The highest BCUT2D eigenvalue weighted by atomic mass is 16.2. The van der Waals surface area contributed by atoms with Crippen LogP contribution in [0.5, 0.6) is 0 Å². The first-order chi connectivity index (χ1) is 9.67. The van der Waals surface area contributed by atoms with Gasteiger partial charge in [0, 0.05) is 39.3 Å². The first-order valence-corrected chi connectivity index (χ1v) is 7.45. The van der Waals surface area contributed by atoms with Crippen LogP contribution in [0, 0.1) is 5.41 Å². The van der Waals surface area contributed by atoms with Gasteiger partial charge in [0.15, 0.2) is 0 Å². The molecule has 20 heavy (non-hydrogen) atoms. The van der Waals surface area contributed by atoms with Gasteiger partial charge in [-0.3, -0.25) is 14.4 Å². The average molecular weight is 279 g/mol. The molecule has 0 spiro atoms. The predicted molar refractivity (Wildman–Crippen MR) is 71.7 cm³/mol. The molecule has 0 N–H and O–H groups in total. The average Bonchev–Trinajstić information content (AvgIpc) is 3.12. The predicted octanol–water partition coefficient (Wildman–Crippen LogP) is -0.310. The fourth-order valence-electron chi connectivity index (χ4n) is 3.20. The number of nitrogens with zero attached hydrogens (tertiary/aromatic N) is 3. The number of hydrogen-bond donors (Lipinski definition) is 0. The van der Waals surface area contributed by atoms with E-state index in [1.54, 1.807) is 9.80 Å². The molecule has 110 valence electrons. The van der Waals surface area contributed by atoms with Crippen LogP contribution in [-0.4, -0.2) is 72.2 Å². The van der Waals surface area contributed by atoms with Gasteiger partial charge in [-0.2, -0.15) is 0 Å². The Morgan fingerprint density at radius 1 is 0.800 bits per heavy atom. The van der Waals surface area contributed by atoms with Crippen molar-refractivity contribution < 1.29 is 14.4 Å². The molecule has 3 amide bonds. The quantitative estimate of drug-likeness (QED) is 0.526. The number of rotatable bonds is 3. The van der Waals surface area contributed by atoms with Crippen molar-refractivity contribution in [1.82, 2.24) is 14.7 Å². The maximum Gasteiger partial charge on any atom is 0.238 e. The molecule has 0 unspecified atom stereocenters. The second-order valence-electron chi connectivity index (χ2n) is 6.01. The second-order valence-corrected chi connectivity index (χ2v) is 6.01. The van der Waals surface area contributed by atoms with Gasteiger partial charge in [-0.25, -0.2) is 0 Å². The Hall–Kier alpha value is -1.59. The van der Waals surface area contributed by atoms with Crippen molar-refractivity contribution in [2.75, 3.05) is 39.3 Å². The van der Waals surface area contributed by atoms with E-state index in [9.17, 15) is 14.4 Å². The number of amides is 3. The molecule has 0 aromatic rings. The SMILES string of the molecule is O=CN1CCN(C(=O)C2(C(=O)N3CCCC3)CC2)CC1. The molecule has 2 aliphatic heterocycles. The minimum atomic E-state index is -0.756. The van der Waals surface area contributed by atoms with E-state index < -0.39 is 5.41 Å². The van der Waals surface area contributed by atoms with E-state index in [0.29, 0.717) is 39.0 Å². The summed E-state index contributed by atoms with van der Waals surface area (Å²) in [4.78, 5) is 41.2. The summed E-state index contributed by atoms with van der Waals surface area (Å²) in [5, 5.41) is 0. The maximum atomic E-state index is 12.6. The fourth-order valence-corrected chi connectivity index (χ4v) is 3.20. The van der Waals surface area contributed by atoms with Crippen molar-refractivity contribution in [1.29, 1.82) is 0 Å². The van der Waals surface area contributed by atoms with E-state index in [2.05, 4.69) is 0 Å². The molecule has 0 bridgehead atoms. The third-order valence-electron chi connectivity index (χ3n) is 4.71. The van der Waals surface area contributed by atoms with Crippen molar-refractivity contribution in [3.63, 3.8) is 0 Å². The normalized spacial score (nSPS) is 24.7. The number of piperazine rings is 1. The van der Waals surface area contributed by atoms with E-state index in [1.807, 2.05) is 4.90 Å². The smallest absolute Gasteiger partial charge is 0.238 e. The molecule has 0 atom stereocenters. The van der Waals surface area contributed by atoms with E-state index in [1.165, 1.54) is 0 Å². The van der Waals surface area contributed by atoms with E-state index >= 15 is 0 Å². The lowest BCUT2D eigenvalue weighted by molar-refractivity contribution is -0.150. The molecule has 0 radical (unpaired) electrons. The molecule has 3 fully saturated rings. The Balaban J connectivity index is 1.64. The number of carbonyl (C=O) groups excluding carboxylic acids is 3. The summed E-state index contributed by atoms with van der Waals surface area (Å²) < 4.78 is 0. The molecule has 3 rings (SSSR count). The van der Waals surface area contributed by atoms with Crippen LogP contribution < -0.4 is 0 Å². The molecule has 2 saturated heterocycles. The molecule has 0 aromatic heterocycles. The fraction of sp³-hybridized carbons (Fsp3) is 0.786. The highest BCUT2D eigenvalue weighted by molar-refractivity contribution is 6.08. The topological polar surface area (TPSA) is 60.9 Å². The number of carbonyl (C=O) groups is 3. The van der Waals surface area contributed by atoms with Crippen LogP contribution in [0.4, 0.5) is 0 Å². The summed E-state index contributed by atoms with van der Waals surface area (Å²) in [5.74, 6) is 0.0257. The minimum Gasteiger partial charge on any atom is -0.342 e. The zero-order valence-corrected chi connectivity index (χ0v) is 11.7. The van der Waals surface area contributed by atoms with Crippen molar-refractivity contribution >= 4 is 18.2 Å². The Kier molecular flexibility index (Phi) is 3.40. The summed E-state index contributed by atoms with van der Waals surface area (Å²) in [6.45, 7) is 3.84. The van der Waals surface area contributed by atoms with E-state index in [-0.39, 0.29) is 11.8 Å². The van der Waals surface area contributed by atoms with Crippen LogP contribution in [0.1, 0.15) is 25.7 Å². The third-order valence-corrected chi connectivity index (χ3v) is 4.71. The highest BCUT2D eigenvalue weighted by Gasteiger charge is 2.59. The molecule has 1 saturated carbocycles. The lowest BCUT2D eigenvalue weighted by Gasteiger charge is -2.35. The number of hydrogen-bond acceptors (Lipinski definition) is 3. The van der Waals surface area contributed by atoms with Crippen LogP contribution in [0.2, 0.25) is 0 Å². The van der Waals surface area contributed by atoms with Crippen LogP contribution in [0.25, 0.3) is 0 Å². The zero-order chi connectivity index (χ0) is 14.2. The zero-order valence-electron chi connectivity index (χ0n) is 11.7. The van der Waals surface area contributed by atoms with Crippen molar-refractivity contribution in [3.8, 4) is 0 Å². The number of likely N-dealkylation sites (tertiary alicyclic amines) is 1. The molecule has 3 aliphatic rings. The summed E-state index contributed by atoms with van der Waals surface area (Å²) in [6, 6.07) is 0. The van der Waals surface area contributed by atoms with Crippen LogP contribution in [0.15, 0.2) is 0 Å². The van der Waals surface area contributed by atoms with Gasteiger partial charge in [-0.15, -0.1) is 0 Å². The summed E-state index contributed by atoms with van der Waals surface area (Å²) in [6.07, 6.45) is 4.30. The van der Waals surface area contributed by atoms with Crippen LogP contribution in [0.3, 0.4) is 0 Å². The molecule has 0 aromatic carbocycles. The largest absolute Gasteiger partial charge is 0.342 e. The second kappa shape index (κ2) is 5.07. The molecule has 6 nitrogen and oxygen atoms in total. The Morgan fingerprint density at radius 3 is 1.75 bits per heavy atom. The summed E-state index contributed by atoms with van der Waals surface area (Å²) in [5.41, 5.74) is -0.756. The Labute approximate surface area is 118 Å². The van der Waals surface area contributed by atoms with E-state index in [4.69, 9.17) is 0 Å². The minimum absolute atomic E-state index is 0.0139. The molecule has 2 heterocycles. The van der Waals surface area contributed by atoms with Gasteiger partial charge in [-0.05, 0) is 25.7 Å². The van der Waals surface area contributed by atoms with Crippen molar-refractivity contribution in [3.05, 3.63) is 0 Å². The van der Waals surface area contributed by atoms with Gasteiger partial charge in [0.05, 0.1) is 0 Å². The van der Waals surface area contributed by atoms with Gasteiger partial charge in [0.2, 0.25) is 18.2 Å². The standard InChI is InChI=1S/C14H21N3O3/c18-11-15-7-9-17(10-8-15)13(20)14(3-4-14)12(19)16-5-1-2-6-16/h11H,1-10H2. The van der Waals surface area contributed by atoms with Gasteiger partial charge < -0.3 is 14.7 Å². The highest BCUT2D eigenvalue weighted by Crippen LogP contribution is 2.49. The third kappa shape index (κ3) is 2.17. The first-order valence-electron chi connectivity index (χ1n) is 7.45. The Bertz CT molecular complexity index is 419. The summed E-state index contributed by atoms with van der Waals surface area (Å²) >= 11 is 0. The van der Waals surface area contributed by atoms with Gasteiger partial charge in [0.25, 0.3) is 0 Å². The lowest BCUT2D eigenvalue weighted by Crippen LogP contribution is -2.53. The van der Waals surface area contributed by atoms with Crippen LogP contribution >= 0.6 is 0 Å². The molecule has 6 heteroatoms.